The molecule has 102 valence electrons. The van der Waals surface area contributed by atoms with Gasteiger partial charge in [-0.2, -0.15) is 0 Å². The highest BCUT2D eigenvalue weighted by atomic mass is 79.9. The fourth-order valence-electron chi connectivity index (χ4n) is 2.14. The van der Waals surface area contributed by atoms with Gasteiger partial charge >= 0.3 is 5.97 Å². The van der Waals surface area contributed by atoms with Gasteiger partial charge in [-0.1, -0.05) is 11.6 Å². The lowest BCUT2D eigenvalue weighted by Gasteiger charge is -2.20. The summed E-state index contributed by atoms with van der Waals surface area (Å²) in [5.41, 5.74) is -0.354. The summed E-state index contributed by atoms with van der Waals surface area (Å²) in [7, 11) is 0. The first-order valence-corrected chi connectivity index (χ1v) is 6.98. The van der Waals surface area contributed by atoms with E-state index in [0.717, 1.165) is 0 Å². The number of benzene rings is 1. The molecule has 0 aliphatic carbocycles. The van der Waals surface area contributed by atoms with Crippen molar-refractivity contribution >= 4 is 39.4 Å². The van der Waals surface area contributed by atoms with Gasteiger partial charge in [-0.15, -0.1) is 0 Å². The second-order valence-electron chi connectivity index (χ2n) is 4.97. The molecule has 2 rings (SSSR count). The second-order valence-corrected chi connectivity index (χ2v) is 6.26. The molecule has 1 N–H and O–H groups in total. The fraction of sp³-hybridized carbons (Fsp3) is 0.385. The molecule has 1 aromatic carbocycles. The molecule has 6 heteroatoms. The predicted octanol–water partition coefficient (Wildman–Crippen LogP) is 3.04. The van der Waals surface area contributed by atoms with Crippen molar-refractivity contribution in [2.45, 2.75) is 13.3 Å². The first kappa shape index (κ1) is 14.3. The maximum absolute atomic E-state index is 12.3. The van der Waals surface area contributed by atoms with Crippen molar-refractivity contribution < 1.29 is 14.7 Å². The number of nitrogens with zero attached hydrogens (tertiary/aromatic N) is 1. The molecule has 0 aromatic heterocycles. The van der Waals surface area contributed by atoms with E-state index in [-0.39, 0.29) is 12.5 Å². The number of amides is 1. The third kappa shape index (κ3) is 2.77. The number of rotatable bonds is 2. The summed E-state index contributed by atoms with van der Waals surface area (Å²) in [6.07, 6.45) is 0.472. The summed E-state index contributed by atoms with van der Waals surface area (Å²) in [5.74, 6) is -1.04. The Bertz CT molecular complexity index is 549. The van der Waals surface area contributed by atoms with Crippen LogP contribution in [0, 0.1) is 5.41 Å². The van der Waals surface area contributed by atoms with Crippen LogP contribution in [-0.2, 0) is 4.79 Å². The number of likely N-dealkylation sites (tertiary alicyclic amines) is 1. The maximum atomic E-state index is 12.3. The molecule has 1 atom stereocenters. The molecule has 4 nitrogen and oxygen atoms in total. The molecule has 1 heterocycles. The van der Waals surface area contributed by atoms with Crippen LogP contribution < -0.4 is 0 Å². The van der Waals surface area contributed by atoms with Gasteiger partial charge in [0.15, 0.2) is 0 Å². The Morgan fingerprint density at radius 2 is 2.16 bits per heavy atom. The van der Waals surface area contributed by atoms with Crippen LogP contribution in [0.4, 0.5) is 0 Å². The summed E-state index contributed by atoms with van der Waals surface area (Å²) in [5, 5.41) is 9.71. The zero-order chi connectivity index (χ0) is 14.2. The zero-order valence-corrected chi connectivity index (χ0v) is 12.7. The van der Waals surface area contributed by atoms with Crippen molar-refractivity contribution in [3.63, 3.8) is 0 Å². The molecule has 1 fully saturated rings. The highest BCUT2D eigenvalue weighted by Crippen LogP contribution is 2.32. The molecule has 0 radical (unpaired) electrons. The minimum absolute atomic E-state index is 0.173. The van der Waals surface area contributed by atoms with Crippen molar-refractivity contribution in [3.05, 3.63) is 33.3 Å². The highest BCUT2D eigenvalue weighted by molar-refractivity contribution is 9.10. The summed E-state index contributed by atoms with van der Waals surface area (Å²) in [4.78, 5) is 25.1. The van der Waals surface area contributed by atoms with Crippen molar-refractivity contribution in [1.82, 2.24) is 4.90 Å². The molecule has 0 bridgehead atoms. The van der Waals surface area contributed by atoms with Crippen LogP contribution in [0.25, 0.3) is 0 Å². The van der Waals surface area contributed by atoms with Crippen molar-refractivity contribution in [3.8, 4) is 0 Å². The van der Waals surface area contributed by atoms with Gasteiger partial charge in [0.1, 0.15) is 0 Å². The number of carboxylic acid groups (broad SMARTS) is 1. The largest absolute Gasteiger partial charge is 0.481 e. The van der Waals surface area contributed by atoms with E-state index in [1.165, 1.54) is 0 Å². The number of hydrogen-bond donors (Lipinski definition) is 1. The Hall–Kier alpha value is -1.07. The lowest BCUT2D eigenvalue weighted by Crippen LogP contribution is -2.35. The fourth-order valence-corrected chi connectivity index (χ4v) is 2.99. The minimum atomic E-state index is -0.863. The molecule has 1 amide bonds. The van der Waals surface area contributed by atoms with E-state index in [4.69, 9.17) is 16.7 Å². The van der Waals surface area contributed by atoms with E-state index in [1.807, 2.05) is 0 Å². The minimum Gasteiger partial charge on any atom is -0.481 e. The van der Waals surface area contributed by atoms with Gasteiger partial charge < -0.3 is 10.0 Å². The third-order valence-electron chi connectivity index (χ3n) is 3.44. The Kier molecular flexibility index (Phi) is 3.87. The van der Waals surface area contributed by atoms with Gasteiger partial charge in [0.05, 0.1) is 11.0 Å². The summed E-state index contributed by atoms with van der Waals surface area (Å²) in [6, 6.07) is 4.94. The number of halogens is 2. The van der Waals surface area contributed by atoms with Crippen LogP contribution in [0.15, 0.2) is 22.7 Å². The van der Waals surface area contributed by atoms with Gasteiger partial charge in [0, 0.05) is 22.6 Å². The molecular weight excluding hydrogens is 334 g/mol. The summed E-state index contributed by atoms with van der Waals surface area (Å²) < 4.78 is 0.619. The maximum Gasteiger partial charge on any atom is 0.311 e. The van der Waals surface area contributed by atoms with E-state index in [1.54, 1.807) is 30.0 Å². The smallest absolute Gasteiger partial charge is 0.311 e. The summed E-state index contributed by atoms with van der Waals surface area (Å²) >= 11 is 9.14. The zero-order valence-electron chi connectivity index (χ0n) is 10.3. The van der Waals surface area contributed by atoms with E-state index in [9.17, 15) is 9.59 Å². The number of aliphatic carboxylic acids is 1. The van der Waals surface area contributed by atoms with Gasteiger partial charge in [0.2, 0.25) is 0 Å². The van der Waals surface area contributed by atoms with Gasteiger partial charge in [0.25, 0.3) is 5.91 Å². The van der Waals surface area contributed by atoms with E-state index in [2.05, 4.69) is 15.9 Å². The van der Waals surface area contributed by atoms with Crippen molar-refractivity contribution in [1.29, 1.82) is 0 Å². The average molecular weight is 347 g/mol. The second kappa shape index (κ2) is 5.13. The van der Waals surface area contributed by atoms with E-state index >= 15 is 0 Å². The van der Waals surface area contributed by atoms with Crippen LogP contribution in [-0.4, -0.2) is 35.0 Å². The Labute approximate surface area is 124 Å². The Morgan fingerprint density at radius 3 is 2.68 bits per heavy atom. The normalized spacial score (nSPS) is 22.6. The van der Waals surface area contributed by atoms with Crippen LogP contribution in [0.1, 0.15) is 23.7 Å². The topological polar surface area (TPSA) is 57.6 Å². The molecule has 1 unspecified atom stereocenters. The summed E-state index contributed by atoms with van der Waals surface area (Å²) in [6.45, 7) is 2.35. The third-order valence-corrected chi connectivity index (χ3v) is 4.33. The molecular formula is C13H13BrClNO3. The van der Waals surface area contributed by atoms with Gasteiger partial charge in [-0.05, 0) is 47.5 Å². The number of carbonyl (C=O) groups is 2. The SMILES string of the molecule is CC1(C(=O)O)CCN(C(=O)c2ccc(Cl)cc2Br)C1. The number of hydrogen-bond acceptors (Lipinski definition) is 2. The van der Waals surface area contributed by atoms with Crippen LogP contribution in [0.5, 0.6) is 0 Å². The lowest BCUT2D eigenvalue weighted by molar-refractivity contribution is -0.147. The molecule has 0 saturated carbocycles. The molecule has 1 aliphatic rings. The predicted molar refractivity (Wildman–Crippen MR) is 75.4 cm³/mol. The van der Waals surface area contributed by atoms with E-state index < -0.39 is 11.4 Å². The van der Waals surface area contributed by atoms with Crippen LogP contribution >= 0.6 is 27.5 Å². The average Bonchev–Trinajstić information content (AvgIpc) is 2.73. The molecule has 1 aromatic rings. The molecule has 1 saturated heterocycles. The van der Waals surface area contributed by atoms with Gasteiger partial charge in [-0.3, -0.25) is 9.59 Å². The van der Waals surface area contributed by atoms with Crippen molar-refractivity contribution in [2.75, 3.05) is 13.1 Å². The molecule has 1 aliphatic heterocycles. The monoisotopic (exact) mass is 345 g/mol. The molecule has 19 heavy (non-hydrogen) atoms. The standard InChI is InChI=1S/C13H13BrClNO3/c1-13(12(18)19)4-5-16(7-13)11(17)9-3-2-8(15)6-10(9)14/h2-3,6H,4-5,7H2,1H3,(H,18,19). The van der Waals surface area contributed by atoms with Gasteiger partial charge in [-0.25, -0.2) is 0 Å². The Balaban J connectivity index is 2.20. The van der Waals surface area contributed by atoms with Crippen LogP contribution in [0.3, 0.4) is 0 Å². The first-order valence-electron chi connectivity index (χ1n) is 5.81. The van der Waals surface area contributed by atoms with Crippen molar-refractivity contribution in [2.24, 2.45) is 5.41 Å². The number of carboxylic acids is 1. The lowest BCUT2D eigenvalue weighted by atomic mass is 9.90. The Morgan fingerprint density at radius 1 is 1.47 bits per heavy atom. The number of carbonyl (C=O) groups excluding carboxylic acids is 1. The highest BCUT2D eigenvalue weighted by Gasteiger charge is 2.42. The quantitative estimate of drug-likeness (QED) is 0.895. The van der Waals surface area contributed by atoms with Crippen LogP contribution in [0.2, 0.25) is 5.02 Å². The molecule has 0 spiro atoms. The van der Waals surface area contributed by atoms with E-state index in [0.29, 0.717) is 28.0 Å². The first-order chi connectivity index (χ1) is 8.83.